The van der Waals surface area contributed by atoms with Crippen LogP contribution in [-0.2, 0) is 13.5 Å². The molecule has 0 aliphatic heterocycles. The number of aryl methyl sites for hydroxylation is 2. The van der Waals surface area contributed by atoms with Crippen molar-refractivity contribution in [2.24, 2.45) is 7.05 Å². The van der Waals surface area contributed by atoms with Crippen molar-refractivity contribution < 1.29 is 0 Å². The summed E-state index contributed by atoms with van der Waals surface area (Å²) in [5.41, 5.74) is 3.46. The van der Waals surface area contributed by atoms with Crippen LogP contribution in [0.2, 0.25) is 0 Å². The molecule has 78 valence electrons. The van der Waals surface area contributed by atoms with Gasteiger partial charge in [-0.3, -0.25) is 4.68 Å². The molecule has 1 aromatic heterocycles. The standard InChI is InChI=1S/C12H13BrN2/c1-3-11-8-12(14-15(11)2)9-4-6-10(13)7-5-9/h4-8H,3H2,1-2H3. The number of nitrogens with zero attached hydrogens (tertiary/aromatic N) is 2. The summed E-state index contributed by atoms with van der Waals surface area (Å²) in [7, 11) is 1.99. The summed E-state index contributed by atoms with van der Waals surface area (Å²) in [6.45, 7) is 2.14. The quantitative estimate of drug-likeness (QED) is 0.813. The van der Waals surface area contributed by atoms with E-state index in [1.807, 2.05) is 23.9 Å². The van der Waals surface area contributed by atoms with Crippen LogP contribution < -0.4 is 0 Å². The largest absolute Gasteiger partial charge is 0.272 e. The fourth-order valence-corrected chi connectivity index (χ4v) is 1.86. The monoisotopic (exact) mass is 264 g/mol. The van der Waals surface area contributed by atoms with Crippen LogP contribution in [0.1, 0.15) is 12.6 Å². The van der Waals surface area contributed by atoms with Crippen LogP contribution in [0.25, 0.3) is 11.3 Å². The summed E-state index contributed by atoms with van der Waals surface area (Å²) in [5, 5.41) is 4.48. The van der Waals surface area contributed by atoms with Gasteiger partial charge in [0.1, 0.15) is 0 Å². The summed E-state index contributed by atoms with van der Waals surface area (Å²) in [6, 6.07) is 10.4. The Kier molecular flexibility index (Phi) is 2.91. The molecule has 15 heavy (non-hydrogen) atoms. The molecular formula is C12H13BrN2. The van der Waals surface area contributed by atoms with Crippen LogP contribution >= 0.6 is 15.9 Å². The van der Waals surface area contributed by atoms with E-state index in [0.717, 1.165) is 22.2 Å². The van der Waals surface area contributed by atoms with Gasteiger partial charge in [-0.25, -0.2) is 0 Å². The predicted octanol–water partition coefficient (Wildman–Crippen LogP) is 3.41. The summed E-state index contributed by atoms with van der Waals surface area (Å²) in [4.78, 5) is 0. The van der Waals surface area contributed by atoms with E-state index >= 15 is 0 Å². The average molecular weight is 265 g/mol. The van der Waals surface area contributed by atoms with E-state index in [4.69, 9.17) is 0 Å². The molecule has 0 aliphatic rings. The van der Waals surface area contributed by atoms with Gasteiger partial charge in [0.05, 0.1) is 5.69 Å². The maximum absolute atomic E-state index is 4.48. The van der Waals surface area contributed by atoms with Gasteiger partial charge in [0.25, 0.3) is 0 Å². The maximum Gasteiger partial charge on any atom is 0.0925 e. The van der Waals surface area contributed by atoms with Gasteiger partial charge in [0.15, 0.2) is 0 Å². The maximum atomic E-state index is 4.48. The number of aromatic nitrogens is 2. The minimum absolute atomic E-state index is 1.01. The Morgan fingerprint density at radius 1 is 1.27 bits per heavy atom. The first-order chi connectivity index (χ1) is 7.20. The fraction of sp³-hybridized carbons (Fsp3) is 0.250. The molecular weight excluding hydrogens is 252 g/mol. The Morgan fingerprint density at radius 2 is 1.93 bits per heavy atom. The zero-order valence-corrected chi connectivity index (χ0v) is 10.5. The summed E-state index contributed by atoms with van der Waals surface area (Å²) >= 11 is 3.43. The molecule has 0 unspecified atom stereocenters. The smallest absolute Gasteiger partial charge is 0.0925 e. The molecule has 0 fully saturated rings. The molecule has 3 heteroatoms. The highest BCUT2D eigenvalue weighted by Crippen LogP contribution is 2.21. The van der Waals surface area contributed by atoms with Crippen molar-refractivity contribution in [2.75, 3.05) is 0 Å². The lowest BCUT2D eigenvalue weighted by atomic mass is 10.1. The van der Waals surface area contributed by atoms with Gasteiger partial charge in [-0.05, 0) is 24.6 Å². The first-order valence-corrected chi connectivity index (χ1v) is 5.79. The Bertz CT molecular complexity index is 457. The van der Waals surface area contributed by atoms with E-state index in [-0.39, 0.29) is 0 Å². The second kappa shape index (κ2) is 4.19. The zero-order valence-electron chi connectivity index (χ0n) is 8.87. The lowest BCUT2D eigenvalue weighted by Crippen LogP contribution is -1.95. The number of halogens is 1. The van der Waals surface area contributed by atoms with E-state index in [9.17, 15) is 0 Å². The van der Waals surface area contributed by atoms with Crippen molar-refractivity contribution in [3.63, 3.8) is 0 Å². The summed E-state index contributed by atoms with van der Waals surface area (Å²) < 4.78 is 3.04. The highest BCUT2D eigenvalue weighted by molar-refractivity contribution is 9.10. The zero-order chi connectivity index (χ0) is 10.8. The third-order valence-corrected chi connectivity index (χ3v) is 3.01. The highest BCUT2D eigenvalue weighted by Gasteiger charge is 2.05. The summed E-state index contributed by atoms with van der Waals surface area (Å²) in [6.07, 6.45) is 1.01. The first-order valence-electron chi connectivity index (χ1n) is 4.99. The van der Waals surface area contributed by atoms with E-state index in [2.05, 4.69) is 46.2 Å². The normalized spacial score (nSPS) is 10.6. The molecule has 0 saturated carbocycles. The predicted molar refractivity (Wildman–Crippen MR) is 65.7 cm³/mol. The Morgan fingerprint density at radius 3 is 2.47 bits per heavy atom. The van der Waals surface area contributed by atoms with Gasteiger partial charge in [-0.1, -0.05) is 35.0 Å². The van der Waals surface area contributed by atoms with E-state index in [0.29, 0.717) is 0 Å². The van der Waals surface area contributed by atoms with Crippen LogP contribution in [0.4, 0.5) is 0 Å². The molecule has 0 bridgehead atoms. The topological polar surface area (TPSA) is 17.8 Å². The second-order valence-electron chi connectivity index (χ2n) is 3.50. The van der Waals surface area contributed by atoms with Crippen LogP contribution in [0.15, 0.2) is 34.8 Å². The molecule has 2 aromatic rings. The number of benzene rings is 1. The van der Waals surface area contributed by atoms with Crippen LogP contribution in [-0.4, -0.2) is 9.78 Å². The molecule has 0 radical (unpaired) electrons. The molecule has 0 N–H and O–H groups in total. The molecule has 0 aliphatic carbocycles. The highest BCUT2D eigenvalue weighted by atomic mass is 79.9. The molecule has 1 heterocycles. The molecule has 0 atom stereocenters. The third-order valence-electron chi connectivity index (χ3n) is 2.48. The lowest BCUT2D eigenvalue weighted by Gasteiger charge is -1.95. The van der Waals surface area contributed by atoms with Crippen molar-refractivity contribution in [2.45, 2.75) is 13.3 Å². The second-order valence-corrected chi connectivity index (χ2v) is 4.42. The lowest BCUT2D eigenvalue weighted by molar-refractivity contribution is 0.720. The van der Waals surface area contributed by atoms with Gasteiger partial charge < -0.3 is 0 Å². The number of rotatable bonds is 2. The average Bonchev–Trinajstić information content (AvgIpc) is 2.61. The van der Waals surface area contributed by atoms with E-state index < -0.39 is 0 Å². The minimum Gasteiger partial charge on any atom is -0.272 e. The fourth-order valence-electron chi connectivity index (χ4n) is 1.60. The van der Waals surface area contributed by atoms with Crippen LogP contribution in [0.5, 0.6) is 0 Å². The van der Waals surface area contributed by atoms with Crippen molar-refractivity contribution >= 4 is 15.9 Å². The Labute approximate surface area is 98.1 Å². The molecule has 2 nitrogen and oxygen atoms in total. The van der Waals surface area contributed by atoms with Crippen molar-refractivity contribution in [1.82, 2.24) is 9.78 Å². The SMILES string of the molecule is CCc1cc(-c2ccc(Br)cc2)nn1C. The van der Waals surface area contributed by atoms with Crippen molar-refractivity contribution in [3.05, 3.63) is 40.5 Å². The van der Waals surface area contributed by atoms with Crippen molar-refractivity contribution in [3.8, 4) is 11.3 Å². The number of hydrogen-bond donors (Lipinski definition) is 0. The first kappa shape index (κ1) is 10.4. The van der Waals surface area contributed by atoms with Crippen LogP contribution in [0.3, 0.4) is 0 Å². The molecule has 0 saturated heterocycles. The molecule has 1 aromatic carbocycles. The number of hydrogen-bond acceptors (Lipinski definition) is 1. The van der Waals surface area contributed by atoms with Crippen LogP contribution in [0, 0.1) is 0 Å². The molecule has 0 spiro atoms. The van der Waals surface area contributed by atoms with Gasteiger partial charge in [0.2, 0.25) is 0 Å². The summed E-state index contributed by atoms with van der Waals surface area (Å²) in [5.74, 6) is 0. The van der Waals surface area contributed by atoms with E-state index in [1.54, 1.807) is 0 Å². The molecule has 2 rings (SSSR count). The third kappa shape index (κ3) is 2.12. The van der Waals surface area contributed by atoms with Gasteiger partial charge >= 0.3 is 0 Å². The Hall–Kier alpha value is -1.09. The Balaban J connectivity index is 2.41. The minimum atomic E-state index is 1.01. The molecule has 0 amide bonds. The van der Waals surface area contributed by atoms with Gasteiger partial charge in [0, 0.05) is 22.8 Å². The van der Waals surface area contributed by atoms with Crippen molar-refractivity contribution in [1.29, 1.82) is 0 Å². The van der Waals surface area contributed by atoms with Gasteiger partial charge in [-0.2, -0.15) is 5.10 Å². The van der Waals surface area contributed by atoms with Gasteiger partial charge in [-0.15, -0.1) is 0 Å². The van der Waals surface area contributed by atoms with E-state index in [1.165, 1.54) is 5.69 Å².